The van der Waals surface area contributed by atoms with Gasteiger partial charge in [0.15, 0.2) is 0 Å². The second-order valence-electron chi connectivity index (χ2n) is 2.69. The summed E-state index contributed by atoms with van der Waals surface area (Å²) in [6, 6.07) is 5.87. The predicted molar refractivity (Wildman–Crippen MR) is 53.0 cm³/mol. The molecule has 3 heteroatoms. The highest BCUT2D eigenvalue weighted by atomic mass is 16.6. The molecule has 0 atom stereocenters. The van der Waals surface area contributed by atoms with Gasteiger partial charge in [-0.15, -0.1) is 0 Å². The molecule has 0 bridgehead atoms. The number of benzene rings is 1. The topological polar surface area (TPSA) is 30.5 Å². The van der Waals surface area contributed by atoms with Crippen LogP contribution in [0.25, 0.3) is 0 Å². The molecule has 3 nitrogen and oxygen atoms in total. The van der Waals surface area contributed by atoms with Crippen molar-refractivity contribution in [1.29, 1.82) is 0 Å². The van der Waals surface area contributed by atoms with E-state index < -0.39 is 0 Å². The van der Waals surface area contributed by atoms with Crippen LogP contribution in [0.5, 0.6) is 5.75 Å². The van der Waals surface area contributed by atoms with Crippen LogP contribution in [0, 0.1) is 0 Å². The number of hydrogen-bond donors (Lipinski definition) is 1. The van der Waals surface area contributed by atoms with Crippen molar-refractivity contribution in [3.8, 4) is 5.75 Å². The lowest BCUT2D eigenvalue weighted by Crippen LogP contribution is -1.97. The van der Waals surface area contributed by atoms with Crippen LogP contribution in [0.1, 0.15) is 12.5 Å². The Morgan fingerprint density at radius 1 is 1.31 bits per heavy atom. The summed E-state index contributed by atoms with van der Waals surface area (Å²) in [6.07, 6.45) is 0.947. The van der Waals surface area contributed by atoms with E-state index in [1.54, 1.807) is 14.2 Å². The average molecular weight is 181 g/mol. The van der Waals surface area contributed by atoms with Gasteiger partial charge in [0.2, 0.25) is 0 Å². The monoisotopic (exact) mass is 181 g/mol. The molecule has 0 fully saturated rings. The molecule has 1 aromatic rings. The molecule has 0 radical (unpaired) electrons. The van der Waals surface area contributed by atoms with Crippen molar-refractivity contribution >= 4 is 5.69 Å². The zero-order valence-electron chi connectivity index (χ0n) is 8.26. The Hall–Kier alpha value is -1.22. The molecule has 0 aromatic heterocycles. The van der Waals surface area contributed by atoms with Crippen LogP contribution in [-0.4, -0.2) is 14.2 Å². The van der Waals surface area contributed by atoms with Gasteiger partial charge in [0.1, 0.15) is 5.75 Å². The first-order valence-corrected chi connectivity index (χ1v) is 4.27. The number of nitrogens with one attached hydrogen (secondary N) is 1. The predicted octanol–water partition coefficient (Wildman–Crippen LogP) is 2.23. The molecule has 0 aliphatic rings. The van der Waals surface area contributed by atoms with Crippen LogP contribution in [0.4, 0.5) is 5.69 Å². The first-order chi connectivity index (χ1) is 6.31. The Bertz CT molecular complexity index is 274. The SMILES string of the molecule is CCc1cc(NOC)ccc1OC. The van der Waals surface area contributed by atoms with E-state index in [0.717, 1.165) is 17.9 Å². The molecular formula is C10H15NO2. The Morgan fingerprint density at radius 2 is 2.08 bits per heavy atom. The van der Waals surface area contributed by atoms with Crippen molar-refractivity contribution in [2.24, 2.45) is 0 Å². The highest BCUT2D eigenvalue weighted by Gasteiger charge is 2.01. The van der Waals surface area contributed by atoms with Gasteiger partial charge in [0.05, 0.1) is 19.9 Å². The molecule has 0 saturated heterocycles. The van der Waals surface area contributed by atoms with Crippen molar-refractivity contribution in [3.63, 3.8) is 0 Å². The molecule has 0 amide bonds. The van der Waals surface area contributed by atoms with Crippen LogP contribution in [0.15, 0.2) is 18.2 Å². The van der Waals surface area contributed by atoms with E-state index in [1.807, 2.05) is 18.2 Å². The summed E-state index contributed by atoms with van der Waals surface area (Å²) >= 11 is 0. The molecule has 1 N–H and O–H groups in total. The highest BCUT2D eigenvalue weighted by molar-refractivity contribution is 5.49. The van der Waals surface area contributed by atoms with Gasteiger partial charge in [-0.25, -0.2) is 0 Å². The van der Waals surface area contributed by atoms with Gasteiger partial charge < -0.3 is 4.74 Å². The van der Waals surface area contributed by atoms with E-state index in [-0.39, 0.29) is 0 Å². The van der Waals surface area contributed by atoms with Gasteiger partial charge >= 0.3 is 0 Å². The van der Waals surface area contributed by atoms with Crippen molar-refractivity contribution in [1.82, 2.24) is 0 Å². The molecule has 1 aromatic carbocycles. The summed E-state index contributed by atoms with van der Waals surface area (Å²) in [7, 11) is 3.27. The molecular weight excluding hydrogens is 166 g/mol. The summed E-state index contributed by atoms with van der Waals surface area (Å²) in [6.45, 7) is 2.09. The molecule has 1 rings (SSSR count). The van der Waals surface area contributed by atoms with Crippen molar-refractivity contribution in [2.45, 2.75) is 13.3 Å². The van der Waals surface area contributed by atoms with Crippen LogP contribution in [0.2, 0.25) is 0 Å². The maximum Gasteiger partial charge on any atom is 0.122 e. The fourth-order valence-corrected chi connectivity index (χ4v) is 1.24. The van der Waals surface area contributed by atoms with E-state index in [2.05, 4.69) is 12.4 Å². The van der Waals surface area contributed by atoms with E-state index in [9.17, 15) is 0 Å². The maximum absolute atomic E-state index is 5.20. The van der Waals surface area contributed by atoms with Crippen molar-refractivity contribution in [2.75, 3.05) is 19.7 Å². The first-order valence-electron chi connectivity index (χ1n) is 4.27. The number of anilines is 1. The third-order valence-electron chi connectivity index (χ3n) is 1.88. The Morgan fingerprint density at radius 3 is 2.62 bits per heavy atom. The van der Waals surface area contributed by atoms with Crippen LogP contribution < -0.4 is 10.2 Å². The van der Waals surface area contributed by atoms with Crippen molar-refractivity contribution < 1.29 is 9.57 Å². The zero-order valence-corrected chi connectivity index (χ0v) is 8.26. The summed E-state index contributed by atoms with van der Waals surface area (Å²) in [4.78, 5) is 4.81. The maximum atomic E-state index is 5.20. The summed E-state index contributed by atoms with van der Waals surface area (Å²) in [5.74, 6) is 0.921. The molecule has 0 spiro atoms. The van der Waals surface area contributed by atoms with Crippen molar-refractivity contribution in [3.05, 3.63) is 23.8 Å². The van der Waals surface area contributed by atoms with Gasteiger partial charge in [0.25, 0.3) is 0 Å². The Balaban J connectivity index is 2.91. The van der Waals surface area contributed by atoms with Crippen LogP contribution in [-0.2, 0) is 11.3 Å². The smallest absolute Gasteiger partial charge is 0.122 e. The lowest BCUT2D eigenvalue weighted by atomic mass is 10.1. The second-order valence-corrected chi connectivity index (χ2v) is 2.69. The number of hydrogen-bond acceptors (Lipinski definition) is 3. The number of aryl methyl sites for hydroxylation is 1. The van der Waals surface area contributed by atoms with Gasteiger partial charge in [0, 0.05) is 0 Å². The highest BCUT2D eigenvalue weighted by Crippen LogP contribution is 2.22. The molecule has 0 aliphatic heterocycles. The zero-order chi connectivity index (χ0) is 9.68. The van der Waals surface area contributed by atoms with Gasteiger partial charge in [-0.3, -0.25) is 10.3 Å². The molecule has 0 unspecified atom stereocenters. The lowest BCUT2D eigenvalue weighted by molar-refractivity contribution is 0.271. The van der Waals surface area contributed by atoms with E-state index >= 15 is 0 Å². The second kappa shape index (κ2) is 4.72. The minimum absolute atomic E-state index is 0.921. The molecule has 0 heterocycles. The first kappa shape index (κ1) is 9.86. The summed E-state index contributed by atoms with van der Waals surface area (Å²) < 4.78 is 5.20. The Kier molecular flexibility index (Phi) is 3.58. The van der Waals surface area contributed by atoms with Crippen LogP contribution >= 0.6 is 0 Å². The average Bonchev–Trinajstić information content (AvgIpc) is 2.18. The fraction of sp³-hybridized carbons (Fsp3) is 0.400. The molecule has 0 saturated carbocycles. The third kappa shape index (κ3) is 2.36. The lowest BCUT2D eigenvalue weighted by Gasteiger charge is -2.09. The van der Waals surface area contributed by atoms with Gasteiger partial charge in [-0.2, -0.15) is 0 Å². The Labute approximate surface area is 78.6 Å². The van der Waals surface area contributed by atoms with Gasteiger partial charge in [-0.05, 0) is 30.2 Å². The third-order valence-corrected chi connectivity index (χ3v) is 1.88. The standard InChI is InChI=1S/C10H15NO2/c1-4-8-7-9(11-13-3)5-6-10(8)12-2/h5-7,11H,4H2,1-3H3. The minimum Gasteiger partial charge on any atom is -0.496 e. The summed E-state index contributed by atoms with van der Waals surface area (Å²) in [5.41, 5.74) is 4.89. The molecule has 0 aliphatic carbocycles. The summed E-state index contributed by atoms with van der Waals surface area (Å²) in [5, 5.41) is 0. The quantitative estimate of drug-likeness (QED) is 0.722. The van der Waals surface area contributed by atoms with Crippen LogP contribution in [0.3, 0.4) is 0 Å². The number of ether oxygens (including phenoxy) is 1. The van der Waals surface area contributed by atoms with Gasteiger partial charge in [-0.1, -0.05) is 6.92 Å². The van der Waals surface area contributed by atoms with E-state index in [0.29, 0.717) is 0 Å². The van der Waals surface area contributed by atoms with E-state index in [1.165, 1.54) is 5.56 Å². The normalized spacial score (nSPS) is 9.77. The largest absolute Gasteiger partial charge is 0.496 e. The number of rotatable bonds is 4. The fourth-order valence-electron chi connectivity index (χ4n) is 1.24. The minimum atomic E-state index is 0.921. The molecule has 13 heavy (non-hydrogen) atoms. The molecule has 72 valence electrons. The number of methoxy groups -OCH3 is 1. The van der Waals surface area contributed by atoms with E-state index in [4.69, 9.17) is 9.57 Å².